The lowest BCUT2D eigenvalue weighted by atomic mass is 10.2. The molecular formula is C16H16ClFN2O3S. The van der Waals surface area contributed by atoms with Crippen molar-refractivity contribution in [2.24, 2.45) is 0 Å². The predicted molar refractivity (Wildman–Crippen MR) is 92.4 cm³/mol. The molecule has 0 atom stereocenters. The minimum absolute atomic E-state index is 0.00414. The summed E-state index contributed by atoms with van der Waals surface area (Å²) in [5.41, 5.74) is 0.225. The lowest BCUT2D eigenvalue weighted by molar-refractivity contribution is 0.0951. The zero-order valence-electron chi connectivity index (χ0n) is 12.9. The SMILES string of the molecule is CS(=O)(=O)N(CCNC(=O)c1c(F)cccc1Cl)c1ccccc1. The van der Waals surface area contributed by atoms with Crippen LogP contribution in [-0.4, -0.2) is 33.7 Å². The minimum atomic E-state index is -3.51. The van der Waals surface area contributed by atoms with E-state index in [0.717, 1.165) is 16.6 Å². The summed E-state index contributed by atoms with van der Waals surface area (Å²) in [6.07, 6.45) is 1.08. The summed E-state index contributed by atoms with van der Waals surface area (Å²) in [6, 6.07) is 12.4. The maximum Gasteiger partial charge on any atom is 0.255 e. The number of hydrogen-bond acceptors (Lipinski definition) is 3. The van der Waals surface area contributed by atoms with E-state index in [9.17, 15) is 17.6 Å². The Balaban J connectivity index is 2.07. The maximum atomic E-state index is 13.7. The number of carbonyl (C=O) groups excluding carboxylic acids is 1. The van der Waals surface area contributed by atoms with Gasteiger partial charge in [-0.15, -0.1) is 0 Å². The summed E-state index contributed by atoms with van der Waals surface area (Å²) in [5.74, 6) is -1.43. The number of halogens is 2. The Hall–Kier alpha value is -2.12. The number of nitrogens with one attached hydrogen (secondary N) is 1. The summed E-state index contributed by atoms with van der Waals surface area (Å²) in [5, 5.41) is 2.48. The molecule has 0 aliphatic rings. The van der Waals surface area contributed by atoms with Crippen molar-refractivity contribution in [3.05, 3.63) is 64.9 Å². The topological polar surface area (TPSA) is 66.5 Å². The largest absolute Gasteiger partial charge is 0.350 e. The first kappa shape index (κ1) is 18.2. The zero-order chi connectivity index (χ0) is 17.7. The van der Waals surface area contributed by atoms with Gasteiger partial charge in [-0.1, -0.05) is 35.9 Å². The van der Waals surface area contributed by atoms with Gasteiger partial charge in [-0.3, -0.25) is 9.10 Å². The van der Waals surface area contributed by atoms with Crippen LogP contribution in [0.25, 0.3) is 0 Å². The molecule has 1 amide bonds. The van der Waals surface area contributed by atoms with E-state index in [2.05, 4.69) is 5.32 Å². The predicted octanol–water partition coefficient (Wildman–Crippen LogP) is 2.68. The summed E-state index contributed by atoms with van der Waals surface area (Å²) < 4.78 is 38.7. The normalized spacial score (nSPS) is 11.1. The van der Waals surface area contributed by atoms with Crippen LogP contribution in [0.2, 0.25) is 5.02 Å². The molecular weight excluding hydrogens is 355 g/mol. The molecule has 1 N–H and O–H groups in total. The molecule has 8 heteroatoms. The fourth-order valence-corrected chi connectivity index (χ4v) is 3.33. The number of benzene rings is 2. The minimum Gasteiger partial charge on any atom is -0.350 e. The van der Waals surface area contributed by atoms with E-state index >= 15 is 0 Å². The quantitative estimate of drug-likeness (QED) is 0.850. The first-order valence-electron chi connectivity index (χ1n) is 7.05. The van der Waals surface area contributed by atoms with Gasteiger partial charge in [0.2, 0.25) is 10.0 Å². The van der Waals surface area contributed by atoms with Gasteiger partial charge in [0, 0.05) is 6.54 Å². The number of para-hydroxylation sites is 1. The number of sulfonamides is 1. The molecule has 0 bridgehead atoms. The molecule has 24 heavy (non-hydrogen) atoms. The molecule has 0 unspecified atom stereocenters. The first-order chi connectivity index (χ1) is 11.3. The fraction of sp³-hybridized carbons (Fsp3) is 0.188. The van der Waals surface area contributed by atoms with Gasteiger partial charge in [0.1, 0.15) is 5.82 Å². The van der Waals surface area contributed by atoms with Gasteiger partial charge in [-0.05, 0) is 24.3 Å². The Morgan fingerprint density at radius 2 is 1.83 bits per heavy atom. The third kappa shape index (κ3) is 4.46. The van der Waals surface area contributed by atoms with Gasteiger partial charge in [0.05, 0.1) is 29.1 Å². The van der Waals surface area contributed by atoms with Crippen LogP contribution in [-0.2, 0) is 10.0 Å². The van der Waals surface area contributed by atoms with Crippen LogP contribution in [0.5, 0.6) is 0 Å². The molecule has 0 aliphatic carbocycles. The molecule has 0 saturated carbocycles. The van der Waals surface area contributed by atoms with Crippen LogP contribution < -0.4 is 9.62 Å². The van der Waals surface area contributed by atoms with Crippen molar-refractivity contribution in [2.45, 2.75) is 0 Å². The lowest BCUT2D eigenvalue weighted by Gasteiger charge is -2.22. The van der Waals surface area contributed by atoms with Gasteiger partial charge in [0.25, 0.3) is 5.91 Å². The molecule has 0 fully saturated rings. The highest BCUT2D eigenvalue weighted by Crippen LogP contribution is 2.19. The van der Waals surface area contributed by atoms with Crippen molar-refractivity contribution in [3.8, 4) is 0 Å². The Labute approximate surface area is 145 Å². The molecule has 2 aromatic rings. The average Bonchev–Trinajstić information content (AvgIpc) is 2.51. The Bertz CT molecular complexity index is 808. The molecule has 128 valence electrons. The number of carbonyl (C=O) groups is 1. The van der Waals surface area contributed by atoms with Crippen molar-refractivity contribution < 1.29 is 17.6 Å². The molecule has 2 rings (SSSR count). The standard InChI is InChI=1S/C16H16ClFN2O3S/c1-24(22,23)20(12-6-3-2-4-7-12)11-10-19-16(21)15-13(17)8-5-9-14(15)18/h2-9H,10-11H2,1H3,(H,19,21). The highest BCUT2D eigenvalue weighted by molar-refractivity contribution is 7.92. The lowest BCUT2D eigenvalue weighted by Crippen LogP contribution is -2.38. The van der Waals surface area contributed by atoms with Crippen molar-refractivity contribution in [2.75, 3.05) is 23.7 Å². The van der Waals surface area contributed by atoms with Crippen LogP contribution in [0, 0.1) is 5.82 Å². The molecule has 0 aliphatic heterocycles. The third-order valence-electron chi connectivity index (χ3n) is 3.23. The monoisotopic (exact) mass is 370 g/mol. The van der Waals surface area contributed by atoms with Gasteiger partial charge in [-0.25, -0.2) is 12.8 Å². The smallest absolute Gasteiger partial charge is 0.255 e. The van der Waals surface area contributed by atoms with Crippen LogP contribution in [0.15, 0.2) is 48.5 Å². The molecule has 0 heterocycles. The van der Waals surface area contributed by atoms with Crippen LogP contribution in [0.1, 0.15) is 10.4 Å². The maximum absolute atomic E-state index is 13.7. The average molecular weight is 371 g/mol. The Kier molecular flexibility index (Phi) is 5.80. The molecule has 0 aromatic heterocycles. The number of amides is 1. The summed E-state index contributed by atoms with van der Waals surface area (Å²) >= 11 is 5.83. The zero-order valence-corrected chi connectivity index (χ0v) is 14.4. The number of rotatable bonds is 6. The van der Waals surface area contributed by atoms with Gasteiger partial charge in [0.15, 0.2) is 0 Å². The second-order valence-electron chi connectivity index (χ2n) is 5.02. The van der Waals surface area contributed by atoms with Crippen LogP contribution in [0.4, 0.5) is 10.1 Å². The highest BCUT2D eigenvalue weighted by atomic mass is 35.5. The van der Waals surface area contributed by atoms with Crippen molar-refractivity contribution in [1.82, 2.24) is 5.32 Å². The van der Waals surface area contributed by atoms with Crippen LogP contribution in [0.3, 0.4) is 0 Å². The molecule has 0 spiro atoms. The van der Waals surface area contributed by atoms with Crippen molar-refractivity contribution >= 4 is 33.2 Å². The molecule has 0 saturated heterocycles. The fourth-order valence-electron chi connectivity index (χ4n) is 2.15. The highest BCUT2D eigenvalue weighted by Gasteiger charge is 2.19. The van der Waals surface area contributed by atoms with E-state index in [1.54, 1.807) is 30.3 Å². The number of anilines is 1. The van der Waals surface area contributed by atoms with E-state index in [-0.39, 0.29) is 23.7 Å². The number of hydrogen-bond donors (Lipinski definition) is 1. The number of nitrogens with zero attached hydrogens (tertiary/aromatic N) is 1. The summed E-state index contributed by atoms with van der Waals surface area (Å²) in [6.45, 7) is 0.0200. The molecule has 0 radical (unpaired) electrons. The van der Waals surface area contributed by atoms with Gasteiger partial charge < -0.3 is 5.32 Å². The van der Waals surface area contributed by atoms with Crippen LogP contribution >= 0.6 is 11.6 Å². The molecule has 2 aromatic carbocycles. The van der Waals surface area contributed by atoms with E-state index in [0.29, 0.717) is 5.69 Å². The van der Waals surface area contributed by atoms with E-state index in [4.69, 9.17) is 11.6 Å². The third-order valence-corrected chi connectivity index (χ3v) is 4.74. The van der Waals surface area contributed by atoms with E-state index in [1.807, 2.05) is 0 Å². The Morgan fingerprint density at radius 1 is 1.17 bits per heavy atom. The van der Waals surface area contributed by atoms with Crippen molar-refractivity contribution in [3.63, 3.8) is 0 Å². The van der Waals surface area contributed by atoms with E-state index < -0.39 is 21.7 Å². The molecule has 5 nitrogen and oxygen atoms in total. The van der Waals surface area contributed by atoms with Gasteiger partial charge in [-0.2, -0.15) is 0 Å². The van der Waals surface area contributed by atoms with Crippen molar-refractivity contribution in [1.29, 1.82) is 0 Å². The summed E-state index contributed by atoms with van der Waals surface area (Å²) in [4.78, 5) is 12.1. The summed E-state index contributed by atoms with van der Waals surface area (Å²) in [7, 11) is -3.51. The van der Waals surface area contributed by atoms with E-state index in [1.165, 1.54) is 12.1 Å². The Morgan fingerprint density at radius 3 is 2.42 bits per heavy atom. The second-order valence-corrected chi connectivity index (χ2v) is 7.34. The van der Waals surface area contributed by atoms with Gasteiger partial charge >= 0.3 is 0 Å². The first-order valence-corrected chi connectivity index (χ1v) is 9.28. The second kappa shape index (κ2) is 7.63.